The van der Waals surface area contributed by atoms with Crippen LogP contribution in [0.1, 0.15) is 6.92 Å². The number of rotatable bonds is 3. The SMILES string of the molecule is C=CN(CC)OC. The van der Waals surface area contributed by atoms with Crippen molar-refractivity contribution >= 4 is 0 Å². The van der Waals surface area contributed by atoms with Crippen LogP contribution >= 0.6 is 0 Å². The molecular weight excluding hydrogens is 90.1 g/mol. The van der Waals surface area contributed by atoms with E-state index in [4.69, 9.17) is 4.84 Å². The van der Waals surface area contributed by atoms with Gasteiger partial charge in [0, 0.05) is 12.7 Å². The first-order valence-electron chi connectivity index (χ1n) is 2.28. The van der Waals surface area contributed by atoms with Crippen LogP contribution in [0.4, 0.5) is 0 Å². The fourth-order valence-electron chi connectivity index (χ4n) is 0.333. The molecule has 0 aromatic heterocycles. The highest BCUT2D eigenvalue weighted by atomic mass is 16.7. The van der Waals surface area contributed by atoms with E-state index >= 15 is 0 Å². The molecule has 0 heterocycles. The zero-order chi connectivity index (χ0) is 5.70. The third-order valence-electron chi connectivity index (χ3n) is 0.750. The molecule has 0 fully saturated rings. The summed E-state index contributed by atoms with van der Waals surface area (Å²) in [5, 5.41) is 1.64. The van der Waals surface area contributed by atoms with E-state index in [1.165, 1.54) is 0 Å². The Kier molecular flexibility index (Phi) is 3.42. The van der Waals surface area contributed by atoms with Crippen LogP contribution < -0.4 is 0 Å². The van der Waals surface area contributed by atoms with Gasteiger partial charge in [0.25, 0.3) is 0 Å². The van der Waals surface area contributed by atoms with Crippen LogP contribution in [0.25, 0.3) is 0 Å². The lowest BCUT2D eigenvalue weighted by Crippen LogP contribution is -2.13. The quantitative estimate of drug-likeness (QED) is 0.492. The first-order valence-corrected chi connectivity index (χ1v) is 2.28. The number of nitrogens with zero attached hydrogens (tertiary/aromatic N) is 1. The van der Waals surface area contributed by atoms with Gasteiger partial charge in [-0.05, 0) is 6.92 Å². The molecule has 0 bridgehead atoms. The van der Waals surface area contributed by atoms with Crippen molar-refractivity contribution in [3.8, 4) is 0 Å². The maximum absolute atomic E-state index is 4.76. The van der Waals surface area contributed by atoms with E-state index in [1.54, 1.807) is 18.4 Å². The molecule has 2 nitrogen and oxygen atoms in total. The lowest BCUT2D eigenvalue weighted by molar-refractivity contribution is -0.0829. The molecule has 0 atom stereocenters. The zero-order valence-corrected chi connectivity index (χ0v) is 4.85. The second-order valence-corrected chi connectivity index (χ2v) is 1.10. The molecule has 0 aliphatic rings. The maximum atomic E-state index is 4.76. The van der Waals surface area contributed by atoms with Gasteiger partial charge in [-0.3, -0.25) is 9.90 Å². The fraction of sp³-hybridized carbons (Fsp3) is 0.600. The summed E-state index contributed by atoms with van der Waals surface area (Å²) < 4.78 is 0. The second kappa shape index (κ2) is 3.68. The van der Waals surface area contributed by atoms with Crippen molar-refractivity contribution in [2.45, 2.75) is 6.92 Å². The minimum absolute atomic E-state index is 0.847. The van der Waals surface area contributed by atoms with E-state index in [0.717, 1.165) is 6.54 Å². The van der Waals surface area contributed by atoms with Gasteiger partial charge in [-0.1, -0.05) is 6.58 Å². The number of hydrogen-bond donors (Lipinski definition) is 0. The van der Waals surface area contributed by atoms with E-state index < -0.39 is 0 Å². The van der Waals surface area contributed by atoms with Gasteiger partial charge in [-0.15, -0.1) is 0 Å². The summed E-state index contributed by atoms with van der Waals surface area (Å²) in [4.78, 5) is 4.76. The van der Waals surface area contributed by atoms with Gasteiger partial charge in [0.1, 0.15) is 0 Å². The summed E-state index contributed by atoms with van der Waals surface area (Å²) in [5.41, 5.74) is 0. The Morgan fingerprint density at radius 1 is 1.86 bits per heavy atom. The minimum Gasteiger partial charge on any atom is -0.277 e. The van der Waals surface area contributed by atoms with Gasteiger partial charge in [0.2, 0.25) is 0 Å². The smallest absolute Gasteiger partial charge is 0.0638 e. The Bertz CT molecular complexity index is 50.0. The molecule has 0 N–H and O–H groups in total. The summed E-state index contributed by atoms with van der Waals surface area (Å²) in [6.45, 7) is 6.34. The maximum Gasteiger partial charge on any atom is 0.0638 e. The van der Waals surface area contributed by atoms with E-state index in [-0.39, 0.29) is 0 Å². The Morgan fingerprint density at radius 2 is 2.43 bits per heavy atom. The molecule has 0 saturated carbocycles. The fourth-order valence-corrected chi connectivity index (χ4v) is 0.333. The minimum atomic E-state index is 0.847. The number of hydroxylamine groups is 2. The summed E-state index contributed by atoms with van der Waals surface area (Å²) >= 11 is 0. The van der Waals surface area contributed by atoms with Gasteiger partial charge < -0.3 is 0 Å². The Hall–Kier alpha value is -0.500. The van der Waals surface area contributed by atoms with Crippen LogP contribution in [0.3, 0.4) is 0 Å². The summed E-state index contributed by atoms with van der Waals surface area (Å²) in [6.07, 6.45) is 1.64. The first-order chi connectivity index (χ1) is 3.35. The van der Waals surface area contributed by atoms with Gasteiger partial charge in [0.05, 0.1) is 7.11 Å². The normalized spacial score (nSPS) is 8.29. The van der Waals surface area contributed by atoms with Crippen molar-refractivity contribution < 1.29 is 4.84 Å². The van der Waals surface area contributed by atoms with Crippen LogP contribution in [0, 0.1) is 0 Å². The molecule has 0 rings (SSSR count). The Balaban J connectivity index is 3.16. The van der Waals surface area contributed by atoms with Crippen LogP contribution in [0.2, 0.25) is 0 Å². The average molecular weight is 101 g/mol. The molecule has 0 aromatic carbocycles. The van der Waals surface area contributed by atoms with Crippen molar-refractivity contribution in [3.05, 3.63) is 12.8 Å². The van der Waals surface area contributed by atoms with Crippen molar-refractivity contribution in [2.24, 2.45) is 0 Å². The monoisotopic (exact) mass is 101 g/mol. The second-order valence-electron chi connectivity index (χ2n) is 1.10. The highest BCUT2D eigenvalue weighted by Crippen LogP contribution is 1.83. The lowest BCUT2D eigenvalue weighted by Gasteiger charge is -2.11. The average Bonchev–Trinajstić information content (AvgIpc) is 1.72. The highest BCUT2D eigenvalue weighted by Gasteiger charge is 1.83. The zero-order valence-electron chi connectivity index (χ0n) is 4.85. The van der Waals surface area contributed by atoms with Crippen LogP contribution in [0.5, 0.6) is 0 Å². The molecule has 0 saturated heterocycles. The molecule has 0 aromatic rings. The molecule has 0 radical (unpaired) electrons. The molecule has 0 aliphatic carbocycles. The van der Waals surface area contributed by atoms with Crippen molar-refractivity contribution in [1.29, 1.82) is 0 Å². The summed E-state index contributed by atoms with van der Waals surface area (Å²) in [5.74, 6) is 0. The van der Waals surface area contributed by atoms with Crippen LogP contribution in [-0.2, 0) is 4.84 Å². The predicted octanol–water partition coefficient (Wildman–Crippen LogP) is 1.01. The van der Waals surface area contributed by atoms with Crippen LogP contribution in [-0.4, -0.2) is 18.7 Å². The summed E-state index contributed by atoms with van der Waals surface area (Å²) in [7, 11) is 1.62. The molecule has 7 heavy (non-hydrogen) atoms. The Labute approximate surface area is 44.3 Å². The molecule has 0 unspecified atom stereocenters. The first kappa shape index (κ1) is 6.50. The van der Waals surface area contributed by atoms with E-state index in [9.17, 15) is 0 Å². The van der Waals surface area contributed by atoms with Gasteiger partial charge in [-0.25, -0.2) is 0 Å². The van der Waals surface area contributed by atoms with E-state index in [1.807, 2.05) is 6.92 Å². The van der Waals surface area contributed by atoms with Crippen LogP contribution in [0.15, 0.2) is 12.8 Å². The third-order valence-corrected chi connectivity index (χ3v) is 0.750. The predicted molar refractivity (Wildman–Crippen MR) is 29.6 cm³/mol. The largest absolute Gasteiger partial charge is 0.277 e. The van der Waals surface area contributed by atoms with Crippen molar-refractivity contribution in [3.63, 3.8) is 0 Å². The van der Waals surface area contributed by atoms with Gasteiger partial charge in [-0.2, -0.15) is 0 Å². The van der Waals surface area contributed by atoms with Crippen molar-refractivity contribution in [2.75, 3.05) is 13.7 Å². The van der Waals surface area contributed by atoms with Gasteiger partial charge in [0.15, 0.2) is 0 Å². The molecular formula is C5H11NO. The molecule has 42 valence electrons. The molecule has 0 spiro atoms. The van der Waals surface area contributed by atoms with E-state index in [2.05, 4.69) is 6.58 Å². The number of hydrogen-bond acceptors (Lipinski definition) is 2. The van der Waals surface area contributed by atoms with Gasteiger partial charge >= 0.3 is 0 Å². The molecule has 0 amide bonds. The Morgan fingerprint density at radius 3 is 2.43 bits per heavy atom. The summed E-state index contributed by atoms with van der Waals surface area (Å²) in [6, 6.07) is 0. The highest BCUT2D eigenvalue weighted by molar-refractivity contribution is 4.58. The van der Waals surface area contributed by atoms with E-state index in [0.29, 0.717) is 0 Å². The lowest BCUT2D eigenvalue weighted by atomic mass is 10.7. The molecule has 0 aliphatic heterocycles. The topological polar surface area (TPSA) is 12.5 Å². The third kappa shape index (κ3) is 2.23. The standard InChI is InChI=1S/C5H11NO/c1-4-6(5-2)7-3/h4H,1,5H2,2-3H3. The van der Waals surface area contributed by atoms with Crippen molar-refractivity contribution in [1.82, 2.24) is 5.06 Å². The molecule has 2 heteroatoms.